The Hall–Kier alpha value is -1.68. The van der Waals surface area contributed by atoms with Crippen LogP contribution in [-0.4, -0.2) is 21.7 Å². The summed E-state index contributed by atoms with van der Waals surface area (Å²) in [4.78, 5) is 4.21. The summed E-state index contributed by atoms with van der Waals surface area (Å²) >= 11 is 0. The van der Waals surface area contributed by atoms with Gasteiger partial charge in [0.2, 0.25) is 0 Å². The highest BCUT2D eigenvalue weighted by Crippen LogP contribution is 2.25. The molecule has 0 unspecified atom stereocenters. The molecule has 0 amide bonds. The van der Waals surface area contributed by atoms with Crippen molar-refractivity contribution in [2.24, 2.45) is 0 Å². The molecule has 0 bridgehead atoms. The molecule has 16 heavy (non-hydrogen) atoms. The van der Waals surface area contributed by atoms with E-state index in [9.17, 15) is 0 Å². The lowest BCUT2D eigenvalue weighted by Gasteiger charge is -2.13. The normalized spacial score (nSPS) is 14.8. The van der Waals surface area contributed by atoms with Gasteiger partial charge >= 0.3 is 0 Å². The predicted molar refractivity (Wildman–Crippen MR) is 62.0 cm³/mol. The van der Waals surface area contributed by atoms with Crippen molar-refractivity contribution in [1.82, 2.24) is 20.5 Å². The number of H-pyrrole nitrogens is 1. The van der Waals surface area contributed by atoms with Crippen LogP contribution in [-0.2, 0) is 13.0 Å². The number of aryl methyl sites for hydroxylation is 1. The van der Waals surface area contributed by atoms with Gasteiger partial charge in [-0.25, -0.2) is 0 Å². The third kappa shape index (κ3) is 1.51. The van der Waals surface area contributed by atoms with Crippen LogP contribution in [0.1, 0.15) is 17.0 Å². The quantitative estimate of drug-likeness (QED) is 0.755. The van der Waals surface area contributed by atoms with Gasteiger partial charge in [0.1, 0.15) is 0 Å². The summed E-state index contributed by atoms with van der Waals surface area (Å²) in [5, 5.41) is 10.9. The van der Waals surface area contributed by atoms with Crippen molar-refractivity contribution in [3.63, 3.8) is 0 Å². The second-order valence-corrected chi connectivity index (χ2v) is 4.14. The van der Waals surface area contributed by atoms with Crippen LogP contribution in [0.3, 0.4) is 0 Å². The van der Waals surface area contributed by atoms with E-state index >= 15 is 0 Å². The van der Waals surface area contributed by atoms with E-state index in [1.54, 1.807) is 0 Å². The zero-order valence-electron chi connectivity index (χ0n) is 9.25. The van der Waals surface area contributed by atoms with Crippen LogP contribution in [0.5, 0.6) is 0 Å². The monoisotopic (exact) mass is 214 g/mol. The molecule has 0 atom stereocenters. The van der Waals surface area contributed by atoms with Crippen LogP contribution >= 0.6 is 0 Å². The van der Waals surface area contributed by atoms with Gasteiger partial charge in [0.15, 0.2) is 0 Å². The minimum absolute atomic E-state index is 0.905. The van der Waals surface area contributed by atoms with Gasteiger partial charge in [-0.3, -0.25) is 10.1 Å². The predicted octanol–water partition coefficient (Wildman–Crippen LogP) is 1.43. The lowest BCUT2D eigenvalue weighted by atomic mass is 10.0. The van der Waals surface area contributed by atoms with Crippen molar-refractivity contribution in [2.75, 3.05) is 6.54 Å². The van der Waals surface area contributed by atoms with Gasteiger partial charge in [-0.15, -0.1) is 0 Å². The molecule has 0 radical (unpaired) electrons. The summed E-state index contributed by atoms with van der Waals surface area (Å²) in [7, 11) is 0. The minimum Gasteiger partial charge on any atom is -0.312 e. The molecule has 3 heterocycles. The number of aromatic nitrogens is 3. The number of aromatic amines is 1. The van der Waals surface area contributed by atoms with E-state index in [4.69, 9.17) is 0 Å². The van der Waals surface area contributed by atoms with Crippen LogP contribution in [0.4, 0.5) is 0 Å². The highest BCUT2D eigenvalue weighted by Gasteiger charge is 2.17. The number of nitrogens with one attached hydrogen (secondary N) is 2. The Kier molecular flexibility index (Phi) is 2.22. The Morgan fingerprint density at radius 3 is 3.19 bits per heavy atom. The highest BCUT2D eigenvalue weighted by atomic mass is 15.1. The maximum absolute atomic E-state index is 4.42. The Morgan fingerprint density at radius 1 is 1.38 bits per heavy atom. The van der Waals surface area contributed by atoms with Crippen molar-refractivity contribution in [3.8, 4) is 11.3 Å². The van der Waals surface area contributed by atoms with E-state index in [1.165, 1.54) is 11.3 Å². The van der Waals surface area contributed by atoms with Gasteiger partial charge in [0.25, 0.3) is 0 Å². The Balaban J connectivity index is 2.09. The Bertz CT molecular complexity index is 515. The molecule has 4 heteroatoms. The number of hydrogen-bond donors (Lipinski definition) is 2. The van der Waals surface area contributed by atoms with Crippen molar-refractivity contribution >= 4 is 0 Å². The molecule has 2 N–H and O–H groups in total. The van der Waals surface area contributed by atoms with Crippen LogP contribution in [0.15, 0.2) is 18.3 Å². The third-order valence-corrected chi connectivity index (χ3v) is 2.98. The lowest BCUT2D eigenvalue weighted by Crippen LogP contribution is -2.23. The van der Waals surface area contributed by atoms with Gasteiger partial charge < -0.3 is 5.32 Å². The fourth-order valence-electron chi connectivity index (χ4n) is 2.16. The molecule has 4 nitrogen and oxygen atoms in total. The summed E-state index contributed by atoms with van der Waals surface area (Å²) in [6, 6.07) is 4.09. The van der Waals surface area contributed by atoms with Crippen molar-refractivity contribution in [1.29, 1.82) is 0 Å². The first-order valence-corrected chi connectivity index (χ1v) is 5.54. The summed E-state index contributed by atoms with van der Waals surface area (Å²) < 4.78 is 0. The second-order valence-electron chi connectivity index (χ2n) is 4.14. The maximum atomic E-state index is 4.42. The third-order valence-electron chi connectivity index (χ3n) is 2.98. The van der Waals surface area contributed by atoms with Crippen LogP contribution < -0.4 is 5.32 Å². The topological polar surface area (TPSA) is 53.6 Å². The smallest absolute Gasteiger partial charge is 0.0969 e. The van der Waals surface area contributed by atoms with E-state index in [-0.39, 0.29) is 0 Å². The van der Waals surface area contributed by atoms with Gasteiger partial charge in [-0.2, -0.15) is 5.10 Å². The molecule has 3 rings (SSSR count). The van der Waals surface area contributed by atoms with Gasteiger partial charge in [0.05, 0.1) is 5.69 Å². The number of nitrogens with zero attached hydrogens (tertiary/aromatic N) is 2. The average molecular weight is 214 g/mol. The molecule has 0 spiro atoms. The molecular formula is C12H14N4. The number of rotatable bonds is 1. The SMILES string of the molecule is Cc1cc(-c2n[nH]c3c2CNCC3)ccn1. The maximum Gasteiger partial charge on any atom is 0.0969 e. The average Bonchev–Trinajstić information content (AvgIpc) is 2.72. The fourth-order valence-corrected chi connectivity index (χ4v) is 2.16. The lowest BCUT2D eigenvalue weighted by molar-refractivity contribution is 0.637. The highest BCUT2D eigenvalue weighted by molar-refractivity contribution is 5.64. The first-order valence-electron chi connectivity index (χ1n) is 5.54. The van der Waals surface area contributed by atoms with E-state index in [1.807, 2.05) is 19.2 Å². The molecule has 0 fully saturated rings. The Labute approximate surface area is 94.1 Å². The molecule has 1 aliphatic rings. The zero-order chi connectivity index (χ0) is 11.0. The summed E-state index contributed by atoms with van der Waals surface area (Å²) in [5.74, 6) is 0. The summed E-state index contributed by atoms with van der Waals surface area (Å²) in [6.07, 6.45) is 2.87. The molecule has 82 valence electrons. The number of fused-ring (bicyclic) bond motifs is 1. The molecule has 0 saturated heterocycles. The Morgan fingerprint density at radius 2 is 2.31 bits per heavy atom. The van der Waals surface area contributed by atoms with E-state index < -0.39 is 0 Å². The molecule has 1 aliphatic heterocycles. The molecule has 0 aliphatic carbocycles. The molecule has 2 aromatic rings. The zero-order valence-corrected chi connectivity index (χ0v) is 9.25. The number of hydrogen-bond acceptors (Lipinski definition) is 3. The van der Waals surface area contributed by atoms with Crippen LogP contribution in [0, 0.1) is 6.92 Å². The first-order chi connectivity index (χ1) is 7.84. The van der Waals surface area contributed by atoms with E-state index in [0.29, 0.717) is 0 Å². The van der Waals surface area contributed by atoms with Crippen LogP contribution in [0.2, 0.25) is 0 Å². The van der Waals surface area contributed by atoms with Crippen molar-refractivity contribution in [2.45, 2.75) is 19.9 Å². The summed E-state index contributed by atoms with van der Waals surface area (Å²) in [6.45, 7) is 3.94. The fraction of sp³-hybridized carbons (Fsp3) is 0.333. The van der Waals surface area contributed by atoms with Gasteiger partial charge in [-0.1, -0.05) is 0 Å². The van der Waals surface area contributed by atoms with Crippen molar-refractivity contribution in [3.05, 3.63) is 35.3 Å². The second kappa shape index (κ2) is 3.72. The summed E-state index contributed by atoms with van der Waals surface area (Å²) in [5.41, 5.74) is 5.81. The van der Waals surface area contributed by atoms with Crippen LogP contribution in [0.25, 0.3) is 11.3 Å². The molecule has 0 aromatic carbocycles. The van der Waals surface area contributed by atoms with E-state index in [2.05, 4.69) is 26.6 Å². The number of pyridine rings is 1. The first kappa shape index (κ1) is 9.54. The standard InChI is InChI=1S/C12H14N4/c1-8-6-9(2-5-14-8)12-10-7-13-4-3-11(10)15-16-12/h2,5-6,13H,3-4,7H2,1H3,(H,15,16). The van der Waals surface area contributed by atoms with E-state index in [0.717, 1.165) is 36.5 Å². The molecular weight excluding hydrogens is 200 g/mol. The van der Waals surface area contributed by atoms with Gasteiger partial charge in [-0.05, 0) is 19.1 Å². The largest absolute Gasteiger partial charge is 0.312 e. The van der Waals surface area contributed by atoms with Gasteiger partial charge in [0, 0.05) is 48.2 Å². The minimum atomic E-state index is 0.905. The molecule has 2 aromatic heterocycles. The molecule has 0 saturated carbocycles. The van der Waals surface area contributed by atoms with Crippen molar-refractivity contribution < 1.29 is 0 Å².